The molecule has 6 nitrogen and oxygen atoms in total. The van der Waals surface area contributed by atoms with E-state index in [-0.39, 0.29) is 17.3 Å². The second-order valence-corrected chi connectivity index (χ2v) is 6.10. The highest BCUT2D eigenvalue weighted by molar-refractivity contribution is 5.98. The number of anilines is 1. The van der Waals surface area contributed by atoms with Gasteiger partial charge < -0.3 is 11.1 Å². The van der Waals surface area contributed by atoms with Crippen molar-refractivity contribution in [2.75, 3.05) is 5.73 Å². The first-order valence-corrected chi connectivity index (χ1v) is 7.90. The number of para-hydroxylation sites is 1. The van der Waals surface area contributed by atoms with Crippen LogP contribution in [-0.4, -0.2) is 10.8 Å². The number of carbonyl (C=O) groups is 1. The number of amides is 1. The van der Waals surface area contributed by atoms with Crippen LogP contribution in [0.1, 0.15) is 45.9 Å². The summed E-state index contributed by atoms with van der Waals surface area (Å²) in [4.78, 5) is 23.4. The Hall–Kier alpha value is -2.89. The molecule has 0 aliphatic heterocycles. The van der Waals surface area contributed by atoms with Gasteiger partial charge in [0.05, 0.1) is 11.0 Å². The number of nitrogens with zero attached hydrogens (tertiary/aromatic N) is 1. The number of hydrogen-bond donors (Lipinski definition) is 2. The van der Waals surface area contributed by atoms with Crippen LogP contribution in [0.5, 0.6) is 0 Å². The van der Waals surface area contributed by atoms with Crippen LogP contribution in [0.4, 0.5) is 11.4 Å². The first-order valence-electron chi connectivity index (χ1n) is 7.90. The number of benzene rings is 2. The van der Waals surface area contributed by atoms with Gasteiger partial charge in [-0.25, -0.2) is 0 Å². The number of nitrogen functional groups attached to an aromatic ring is 1. The summed E-state index contributed by atoms with van der Waals surface area (Å²) in [6.45, 7) is 1.63. The van der Waals surface area contributed by atoms with E-state index in [1.807, 2.05) is 18.2 Å². The fourth-order valence-corrected chi connectivity index (χ4v) is 3.30. The fraction of sp³-hybridized carbons (Fsp3) is 0.278. The van der Waals surface area contributed by atoms with Gasteiger partial charge in [-0.1, -0.05) is 18.2 Å². The summed E-state index contributed by atoms with van der Waals surface area (Å²) >= 11 is 0. The number of nitro benzene ring substituents is 1. The number of hydrogen-bond acceptors (Lipinski definition) is 4. The number of aryl methyl sites for hydroxylation is 2. The molecule has 0 saturated carbocycles. The Morgan fingerprint density at radius 3 is 2.88 bits per heavy atom. The maximum atomic E-state index is 12.6. The molecule has 1 unspecified atom stereocenters. The van der Waals surface area contributed by atoms with Crippen LogP contribution in [0.15, 0.2) is 36.4 Å². The molecule has 3 rings (SSSR count). The molecule has 6 heteroatoms. The van der Waals surface area contributed by atoms with Gasteiger partial charge in [0.25, 0.3) is 11.6 Å². The van der Waals surface area contributed by atoms with Crippen LogP contribution in [0.2, 0.25) is 0 Å². The molecule has 124 valence electrons. The predicted molar refractivity (Wildman–Crippen MR) is 91.8 cm³/mol. The molecule has 1 aliphatic rings. The van der Waals surface area contributed by atoms with E-state index in [1.54, 1.807) is 19.1 Å². The minimum atomic E-state index is -0.500. The Bertz CT molecular complexity index is 817. The number of nitrogens with one attached hydrogen (secondary N) is 1. The van der Waals surface area contributed by atoms with E-state index in [2.05, 4.69) is 5.32 Å². The van der Waals surface area contributed by atoms with Gasteiger partial charge in [-0.05, 0) is 55.5 Å². The largest absolute Gasteiger partial charge is 0.399 e. The van der Waals surface area contributed by atoms with E-state index in [1.165, 1.54) is 6.07 Å². The zero-order chi connectivity index (χ0) is 17.3. The highest BCUT2D eigenvalue weighted by Gasteiger charge is 2.27. The molecule has 0 fully saturated rings. The van der Waals surface area contributed by atoms with Gasteiger partial charge in [0, 0.05) is 11.3 Å². The molecule has 0 heterocycles. The molecule has 1 atom stereocenters. The van der Waals surface area contributed by atoms with Gasteiger partial charge in [-0.2, -0.15) is 0 Å². The summed E-state index contributed by atoms with van der Waals surface area (Å²) in [6.07, 6.45) is 2.68. The number of nitro groups is 1. The molecule has 0 bridgehead atoms. The van der Waals surface area contributed by atoms with E-state index >= 15 is 0 Å². The Kier molecular flexibility index (Phi) is 4.20. The zero-order valence-corrected chi connectivity index (χ0v) is 13.4. The number of fused-ring (bicyclic) bond motifs is 1. The van der Waals surface area contributed by atoms with Crippen molar-refractivity contribution in [1.82, 2.24) is 5.32 Å². The average molecular weight is 325 g/mol. The Balaban J connectivity index is 1.90. The maximum Gasteiger partial charge on any atom is 0.285 e. The Morgan fingerprint density at radius 1 is 1.33 bits per heavy atom. The van der Waals surface area contributed by atoms with Crippen molar-refractivity contribution >= 4 is 17.3 Å². The summed E-state index contributed by atoms with van der Waals surface area (Å²) in [5.74, 6) is -0.417. The van der Waals surface area contributed by atoms with Crippen molar-refractivity contribution in [2.24, 2.45) is 0 Å². The van der Waals surface area contributed by atoms with Crippen molar-refractivity contribution in [3.8, 4) is 0 Å². The minimum absolute atomic E-state index is 0.0996. The molecule has 24 heavy (non-hydrogen) atoms. The monoisotopic (exact) mass is 325 g/mol. The number of carbonyl (C=O) groups excluding carboxylic acids is 1. The van der Waals surface area contributed by atoms with E-state index in [0.717, 1.165) is 30.4 Å². The number of nitrogens with two attached hydrogens (primary N) is 1. The summed E-state index contributed by atoms with van der Waals surface area (Å²) in [7, 11) is 0. The normalized spacial score (nSPS) is 16.3. The quantitative estimate of drug-likeness (QED) is 0.514. The van der Waals surface area contributed by atoms with Crippen molar-refractivity contribution < 1.29 is 9.72 Å². The van der Waals surface area contributed by atoms with E-state index < -0.39 is 10.8 Å². The van der Waals surface area contributed by atoms with Crippen molar-refractivity contribution in [3.63, 3.8) is 0 Å². The lowest BCUT2D eigenvalue weighted by molar-refractivity contribution is -0.385. The fourth-order valence-electron chi connectivity index (χ4n) is 3.30. The summed E-state index contributed by atoms with van der Waals surface area (Å²) in [6, 6.07) is 10.3. The van der Waals surface area contributed by atoms with Crippen molar-refractivity contribution in [1.29, 1.82) is 0 Å². The van der Waals surface area contributed by atoms with Gasteiger partial charge in [-0.15, -0.1) is 0 Å². The molecule has 0 aromatic heterocycles. The minimum Gasteiger partial charge on any atom is -0.399 e. The SMILES string of the molecule is Cc1cccc(C(=O)NC2CCCc3cc(N)ccc32)c1[N+](=O)[O-]. The van der Waals surface area contributed by atoms with Gasteiger partial charge >= 0.3 is 0 Å². The zero-order valence-electron chi connectivity index (χ0n) is 13.4. The van der Waals surface area contributed by atoms with Crippen LogP contribution in [0.25, 0.3) is 0 Å². The molecule has 2 aromatic carbocycles. The molecule has 0 saturated heterocycles. The first-order chi connectivity index (χ1) is 11.5. The maximum absolute atomic E-state index is 12.6. The smallest absolute Gasteiger partial charge is 0.285 e. The van der Waals surface area contributed by atoms with Crippen LogP contribution < -0.4 is 11.1 Å². The third-order valence-electron chi connectivity index (χ3n) is 4.45. The second-order valence-electron chi connectivity index (χ2n) is 6.10. The predicted octanol–water partition coefficient (Wildman–Crippen LogP) is 3.29. The molecule has 0 radical (unpaired) electrons. The highest BCUT2D eigenvalue weighted by Crippen LogP contribution is 2.32. The molecule has 1 aliphatic carbocycles. The van der Waals surface area contributed by atoms with Gasteiger partial charge in [-0.3, -0.25) is 14.9 Å². The first kappa shape index (κ1) is 16.0. The van der Waals surface area contributed by atoms with Crippen molar-refractivity contribution in [3.05, 3.63) is 68.8 Å². The van der Waals surface area contributed by atoms with Gasteiger partial charge in [0.15, 0.2) is 0 Å². The molecule has 1 amide bonds. The van der Waals surface area contributed by atoms with Gasteiger partial charge in [0.2, 0.25) is 0 Å². The second kappa shape index (κ2) is 6.31. The van der Waals surface area contributed by atoms with Crippen molar-refractivity contribution in [2.45, 2.75) is 32.2 Å². The topological polar surface area (TPSA) is 98.3 Å². The van der Waals surface area contributed by atoms with Crippen LogP contribution in [0, 0.1) is 17.0 Å². The van der Waals surface area contributed by atoms with E-state index in [0.29, 0.717) is 11.3 Å². The van der Waals surface area contributed by atoms with Crippen LogP contribution in [0.3, 0.4) is 0 Å². The van der Waals surface area contributed by atoms with Gasteiger partial charge in [0.1, 0.15) is 5.56 Å². The highest BCUT2D eigenvalue weighted by atomic mass is 16.6. The lowest BCUT2D eigenvalue weighted by Gasteiger charge is -2.26. The number of rotatable bonds is 3. The third-order valence-corrected chi connectivity index (χ3v) is 4.45. The van der Waals surface area contributed by atoms with Crippen LogP contribution in [-0.2, 0) is 6.42 Å². The van der Waals surface area contributed by atoms with E-state index in [9.17, 15) is 14.9 Å². The van der Waals surface area contributed by atoms with Crippen LogP contribution >= 0.6 is 0 Å². The Morgan fingerprint density at radius 2 is 2.12 bits per heavy atom. The molecular weight excluding hydrogens is 306 g/mol. The standard InChI is InChI=1S/C18H19N3O3/c1-11-4-2-6-15(17(11)21(23)24)18(22)20-16-7-3-5-12-10-13(19)8-9-14(12)16/h2,4,6,8-10,16H,3,5,7,19H2,1H3,(H,20,22). The lowest BCUT2D eigenvalue weighted by atomic mass is 9.87. The average Bonchev–Trinajstić information content (AvgIpc) is 2.54. The summed E-state index contributed by atoms with van der Waals surface area (Å²) < 4.78 is 0. The lowest BCUT2D eigenvalue weighted by Crippen LogP contribution is -2.31. The third kappa shape index (κ3) is 2.95. The molecular formula is C18H19N3O3. The molecule has 0 spiro atoms. The van der Waals surface area contributed by atoms with E-state index in [4.69, 9.17) is 5.73 Å². The Labute approximate surface area is 139 Å². The molecule has 3 N–H and O–H groups in total. The molecule has 2 aromatic rings. The summed E-state index contributed by atoms with van der Waals surface area (Å²) in [5, 5.41) is 14.2. The summed E-state index contributed by atoms with van der Waals surface area (Å²) in [5.41, 5.74) is 9.14.